The van der Waals surface area contributed by atoms with Crippen LogP contribution < -0.4 is 4.84 Å². The van der Waals surface area contributed by atoms with Crippen molar-refractivity contribution in [2.45, 2.75) is 0 Å². The minimum absolute atomic E-state index is 0.0730. The maximum atomic E-state index is 12.2. The van der Waals surface area contributed by atoms with Gasteiger partial charge in [0.25, 0.3) is 11.8 Å². The van der Waals surface area contributed by atoms with Crippen molar-refractivity contribution in [3.63, 3.8) is 0 Å². The number of rotatable bonds is 3. The van der Waals surface area contributed by atoms with Crippen molar-refractivity contribution in [3.05, 3.63) is 65.2 Å². The van der Waals surface area contributed by atoms with Gasteiger partial charge in [-0.05, 0) is 24.3 Å². The van der Waals surface area contributed by atoms with Gasteiger partial charge in [-0.2, -0.15) is 0 Å². The summed E-state index contributed by atoms with van der Waals surface area (Å²) in [6.45, 7) is 0. The van der Waals surface area contributed by atoms with E-state index in [1.807, 2.05) is 0 Å². The zero-order valence-electron chi connectivity index (χ0n) is 11.6. The molecule has 1 heterocycles. The maximum absolute atomic E-state index is 12.2. The number of imide groups is 1. The SMILES string of the molecule is COC(=O)c1ccccc1ON1C(=O)c2ccccc2C1=O. The summed E-state index contributed by atoms with van der Waals surface area (Å²) in [6, 6.07) is 12.6. The molecule has 1 aliphatic heterocycles. The van der Waals surface area contributed by atoms with E-state index < -0.39 is 17.8 Å². The number of esters is 1. The van der Waals surface area contributed by atoms with Gasteiger partial charge in [-0.3, -0.25) is 9.59 Å². The Morgan fingerprint density at radius 1 is 0.909 bits per heavy atom. The van der Waals surface area contributed by atoms with Crippen molar-refractivity contribution < 1.29 is 24.0 Å². The number of amides is 2. The third kappa shape index (κ3) is 2.10. The van der Waals surface area contributed by atoms with Crippen LogP contribution in [0.4, 0.5) is 0 Å². The zero-order chi connectivity index (χ0) is 15.7. The number of hydrogen-bond donors (Lipinski definition) is 0. The van der Waals surface area contributed by atoms with Crippen molar-refractivity contribution in [3.8, 4) is 5.75 Å². The van der Waals surface area contributed by atoms with Gasteiger partial charge in [-0.1, -0.05) is 29.3 Å². The molecule has 0 aliphatic carbocycles. The van der Waals surface area contributed by atoms with Gasteiger partial charge in [0.2, 0.25) is 0 Å². The largest absolute Gasteiger partial charge is 0.465 e. The minimum Gasteiger partial charge on any atom is -0.465 e. The number of fused-ring (bicyclic) bond motifs is 1. The summed E-state index contributed by atoms with van der Waals surface area (Å²) >= 11 is 0. The van der Waals surface area contributed by atoms with Crippen LogP contribution in [-0.4, -0.2) is 30.0 Å². The first-order valence-corrected chi connectivity index (χ1v) is 6.46. The Balaban J connectivity index is 1.95. The molecule has 0 bridgehead atoms. The molecule has 3 rings (SSSR count). The lowest BCUT2D eigenvalue weighted by molar-refractivity contribution is -0.0150. The first kappa shape index (κ1) is 13.8. The number of carbonyl (C=O) groups is 3. The van der Waals surface area contributed by atoms with Crippen LogP contribution >= 0.6 is 0 Å². The Morgan fingerprint density at radius 3 is 2.05 bits per heavy atom. The lowest BCUT2D eigenvalue weighted by Crippen LogP contribution is -2.33. The van der Waals surface area contributed by atoms with Gasteiger partial charge in [0.05, 0.1) is 18.2 Å². The van der Waals surface area contributed by atoms with Crippen LogP contribution in [0.3, 0.4) is 0 Å². The van der Waals surface area contributed by atoms with E-state index in [9.17, 15) is 14.4 Å². The van der Waals surface area contributed by atoms with Crippen LogP contribution in [0.5, 0.6) is 5.75 Å². The van der Waals surface area contributed by atoms with Gasteiger partial charge < -0.3 is 9.57 Å². The van der Waals surface area contributed by atoms with Crippen LogP contribution in [0.15, 0.2) is 48.5 Å². The molecule has 6 heteroatoms. The maximum Gasteiger partial charge on any atom is 0.341 e. The normalized spacial score (nSPS) is 13.0. The molecule has 0 fully saturated rings. The average molecular weight is 297 g/mol. The molecule has 0 spiro atoms. The molecule has 0 atom stereocenters. The van der Waals surface area contributed by atoms with E-state index in [1.54, 1.807) is 36.4 Å². The molecule has 0 unspecified atom stereocenters. The second-order valence-electron chi connectivity index (χ2n) is 4.53. The van der Waals surface area contributed by atoms with E-state index >= 15 is 0 Å². The quantitative estimate of drug-likeness (QED) is 0.640. The number of para-hydroxylation sites is 1. The molecular formula is C16H11NO5. The van der Waals surface area contributed by atoms with Crippen LogP contribution in [0.1, 0.15) is 31.1 Å². The summed E-state index contributed by atoms with van der Waals surface area (Å²) in [4.78, 5) is 41.5. The number of methoxy groups -OCH3 is 1. The molecule has 1 aliphatic rings. The van der Waals surface area contributed by atoms with E-state index in [2.05, 4.69) is 4.74 Å². The molecule has 2 amide bonds. The minimum atomic E-state index is -0.618. The Bertz CT molecular complexity index is 749. The highest BCUT2D eigenvalue weighted by molar-refractivity contribution is 6.20. The summed E-state index contributed by atoms with van der Waals surface area (Å²) in [5.41, 5.74) is 0.660. The van der Waals surface area contributed by atoms with Crippen molar-refractivity contribution in [2.24, 2.45) is 0 Å². The molecule has 0 saturated heterocycles. The standard InChI is InChI=1S/C16H11NO5/c1-21-16(20)12-8-4-5-9-13(12)22-17-14(18)10-6-2-3-7-11(10)15(17)19/h2-9H,1H3. The summed E-state index contributed by atoms with van der Waals surface area (Å²) < 4.78 is 4.65. The Hall–Kier alpha value is -3.15. The molecule has 22 heavy (non-hydrogen) atoms. The van der Waals surface area contributed by atoms with E-state index in [-0.39, 0.29) is 22.4 Å². The fourth-order valence-electron chi connectivity index (χ4n) is 2.17. The van der Waals surface area contributed by atoms with Gasteiger partial charge >= 0.3 is 5.97 Å². The Morgan fingerprint density at radius 2 is 1.45 bits per heavy atom. The third-order valence-electron chi connectivity index (χ3n) is 3.24. The molecule has 6 nitrogen and oxygen atoms in total. The van der Waals surface area contributed by atoms with Crippen LogP contribution in [-0.2, 0) is 4.74 Å². The molecule has 0 aromatic heterocycles. The Labute approximate surface area is 125 Å². The van der Waals surface area contributed by atoms with Crippen molar-refractivity contribution in [1.29, 1.82) is 0 Å². The average Bonchev–Trinajstić information content (AvgIpc) is 2.80. The summed E-state index contributed by atoms with van der Waals surface area (Å²) in [5, 5.41) is 0.645. The first-order valence-electron chi connectivity index (χ1n) is 6.46. The van der Waals surface area contributed by atoms with Crippen LogP contribution in [0, 0.1) is 0 Å². The van der Waals surface area contributed by atoms with Crippen LogP contribution in [0.2, 0.25) is 0 Å². The second kappa shape index (κ2) is 5.33. The monoisotopic (exact) mass is 297 g/mol. The first-order chi connectivity index (χ1) is 10.6. The van der Waals surface area contributed by atoms with Gasteiger partial charge in [-0.25, -0.2) is 4.79 Å². The summed E-state index contributed by atoms with van der Waals surface area (Å²) in [6.07, 6.45) is 0. The van der Waals surface area contributed by atoms with Crippen molar-refractivity contribution >= 4 is 17.8 Å². The highest BCUT2D eigenvalue weighted by Crippen LogP contribution is 2.26. The lowest BCUT2D eigenvalue weighted by Gasteiger charge is -2.16. The van der Waals surface area contributed by atoms with Crippen LogP contribution in [0.25, 0.3) is 0 Å². The predicted octanol–water partition coefficient (Wildman–Crippen LogP) is 2.06. The molecule has 110 valence electrons. The fourth-order valence-corrected chi connectivity index (χ4v) is 2.17. The smallest absolute Gasteiger partial charge is 0.341 e. The van der Waals surface area contributed by atoms with E-state index in [0.29, 0.717) is 5.06 Å². The summed E-state index contributed by atoms with van der Waals surface area (Å²) in [7, 11) is 1.24. The van der Waals surface area contributed by atoms with E-state index in [1.165, 1.54) is 19.2 Å². The van der Waals surface area contributed by atoms with Gasteiger partial charge in [0.1, 0.15) is 5.56 Å². The topological polar surface area (TPSA) is 72.9 Å². The number of ether oxygens (including phenoxy) is 1. The third-order valence-corrected chi connectivity index (χ3v) is 3.24. The lowest BCUT2D eigenvalue weighted by atomic mass is 10.1. The Kier molecular flexibility index (Phi) is 3.34. The molecule has 2 aromatic carbocycles. The summed E-state index contributed by atoms with van der Waals surface area (Å²) in [5.74, 6) is -1.68. The highest BCUT2D eigenvalue weighted by Gasteiger charge is 2.38. The number of hydroxylamine groups is 2. The van der Waals surface area contributed by atoms with Crippen molar-refractivity contribution in [1.82, 2.24) is 5.06 Å². The van der Waals surface area contributed by atoms with E-state index in [4.69, 9.17) is 4.84 Å². The molecule has 2 aromatic rings. The molecular weight excluding hydrogens is 286 g/mol. The predicted molar refractivity (Wildman–Crippen MR) is 75.4 cm³/mol. The number of hydrogen-bond acceptors (Lipinski definition) is 5. The molecule has 0 saturated carbocycles. The highest BCUT2D eigenvalue weighted by atomic mass is 16.7. The molecule has 0 N–H and O–H groups in total. The van der Waals surface area contributed by atoms with Gasteiger partial charge in [0.15, 0.2) is 5.75 Å². The van der Waals surface area contributed by atoms with E-state index in [0.717, 1.165) is 0 Å². The molecule has 0 radical (unpaired) electrons. The van der Waals surface area contributed by atoms with Crippen molar-refractivity contribution in [2.75, 3.05) is 7.11 Å². The zero-order valence-corrected chi connectivity index (χ0v) is 11.6. The number of benzene rings is 2. The number of nitrogens with zero attached hydrogens (tertiary/aromatic N) is 1. The fraction of sp³-hybridized carbons (Fsp3) is 0.0625. The van der Waals surface area contributed by atoms with Gasteiger partial charge in [-0.15, -0.1) is 0 Å². The number of carbonyl (C=O) groups excluding carboxylic acids is 3. The second-order valence-corrected chi connectivity index (χ2v) is 4.53. The van der Waals surface area contributed by atoms with Gasteiger partial charge in [0, 0.05) is 0 Å².